The Hall–Kier alpha value is -3.60. The minimum Gasteiger partial charge on any atom is -0.493 e. The second-order valence-electron chi connectivity index (χ2n) is 7.87. The Labute approximate surface area is 221 Å². The van der Waals surface area contributed by atoms with E-state index in [4.69, 9.17) is 25.8 Å². The van der Waals surface area contributed by atoms with Crippen LogP contribution in [0.1, 0.15) is 16.7 Å². The number of benzene rings is 3. The molecular weight excluding hydrogens is 518 g/mol. The van der Waals surface area contributed by atoms with Gasteiger partial charge in [0.25, 0.3) is 5.91 Å². The number of rotatable bonds is 11. The van der Waals surface area contributed by atoms with Crippen molar-refractivity contribution in [3.05, 3.63) is 82.4 Å². The summed E-state index contributed by atoms with van der Waals surface area (Å²) in [4.78, 5) is 12.8. The van der Waals surface area contributed by atoms with Gasteiger partial charge in [-0.15, -0.1) is 0 Å². The number of sulfonamides is 1. The van der Waals surface area contributed by atoms with Crippen LogP contribution < -0.4 is 19.6 Å². The van der Waals surface area contributed by atoms with Crippen molar-refractivity contribution in [2.24, 2.45) is 5.10 Å². The van der Waals surface area contributed by atoms with Crippen LogP contribution in [-0.4, -0.2) is 52.7 Å². The largest absolute Gasteiger partial charge is 0.493 e. The number of halogens is 1. The quantitative estimate of drug-likeness (QED) is 0.288. The van der Waals surface area contributed by atoms with E-state index in [1.54, 1.807) is 12.1 Å². The third-order valence-electron chi connectivity index (χ3n) is 5.51. The predicted molar refractivity (Wildman–Crippen MR) is 142 cm³/mol. The van der Waals surface area contributed by atoms with Crippen molar-refractivity contribution in [2.45, 2.75) is 18.4 Å². The van der Waals surface area contributed by atoms with Gasteiger partial charge in [0.05, 0.1) is 39.0 Å². The Kier molecular flexibility index (Phi) is 9.51. The maximum Gasteiger partial charge on any atom is 0.255 e. The maximum atomic E-state index is 13.4. The molecule has 0 unspecified atom stereocenters. The topological polar surface area (TPSA) is 107 Å². The molecule has 0 aliphatic carbocycles. The molecule has 0 heterocycles. The number of carbonyl (C=O) groups is 1. The fourth-order valence-corrected chi connectivity index (χ4v) is 5.05. The van der Waals surface area contributed by atoms with Gasteiger partial charge >= 0.3 is 0 Å². The van der Waals surface area contributed by atoms with Crippen LogP contribution in [0.3, 0.4) is 0 Å². The maximum absolute atomic E-state index is 13.4. The van der Waals surface area contributed by atoms with Gasteiger partial charge in [-0.25, -0.2) is 13.8 Å². The Morgan fingerprint density at radius 1 is 0.973 bits per heavy atom. The number of aryl methyl sites for hydroxylation is 1. The molecule has 0 saturated carbocycles. The number of carbonyl (C=O) groups excluding carboxylic acids is 1. The zero-order valence-electron chi connectivity index (χ0n) is 20.9. The lowest BCUT2D eigenvalue weighted by Crippen LogP contribution is -2.39. The lowest BCUT2D eigenvalue weighted by Gasteiger charge is -2.22. The van der Waals surface area contributed by atoms with Crippen LogP contribution >= 0.6 is 11.6 Å². The molecule has 3 aromatic carbocycles. The number of hydrazone groups is 1. The second-order valence-corrected chi connectivity index (χ2v) is 10.2. The molecule has 0 spiro atoms. The highest BCUT2D eigenvalue weighted by atomic mass is 35.5. The highest BCUT2D eigenvalue weighted by Crippen LogP contribution is 2.39. The van der Waals surface area contributed by atoms with Crippen molar-refractivity contribution in [3.8, 4) is 17.2 Å². The highest BCUT2D eigenvalue weighted by molar-refractivity contribution is 7.89. The Morgan fingerprint density at radius 2 is 1.65 bits per heavy atom. The number of methoxy groups -OCH3 is 3. The van der Waals surface area contributed by atoms with Crippen molar-refractivity contribution in [1.29, 1.82) is 0 Å². The van der Waals surface area contributed by atoms with E-state index in [2.05, 4.69) is 10.5 Å². The number of ether oxygens (including phenoxy) is 3. The van der Waals surface area contributed by atoms with Gasteiger partial charge in [0.15, 0.2) is 11.5 Å². The minimum atomic E-state index is -4.02. The van der Waals surface area contributed by atoms with E-state index in [-0.39, 0.29) is 11.4 Å². The smallest absolute Gasteiger partial charge is 0.255 e. The molecule has 9 nitrogen and oxygen atoms in total. The second kappa shape index (κ2) is 12.6. The average molecular weight is 546 g/mol. The molecule has 3 aromatic rings. The highest BCUT2D eigenvalue weighted by Gasteiger charge is 2.27. The van der Waals surface area contributed by atoms with Gasteiger partial charge in [0.1, 0.15) is 0 Å². The van der Waals surface area contributed by atoms with Crippen molar-refractivity contribution >= 4 is 33.7 Å². The summed E-state index contributed by atoms with van der Waals surface area (Å²) in [5, 5.41) is 4.39. The zero-order valence-corrected chi connectivity index (χ0v) is 22.5. The first-order valence-corrected chi connectivity index (χ1v) is 12.9. The van der Waals surface area contributed by atoms with Crippen LogP contribution in [0.5, 0.6) is 17.2 Å². The number of hydrogen-bond acceptors (Lipinski definition) is 7. The monoisotopic (exact) mass is 545 g/mol. The summed E-state index contributed by atoms with van der Waals surface area (Å²) in [7, 11) is 0.435. The van der Waals surface area contributed by atoms with E-state index in [9.17, 15) is 13.2 Å². The summed E-state index contributed by atoms with van der Waals surface area (Å²) < 4.78 is 44.0. The van der Waals surface area contributed by atoms with Gasteiger partial charge in [-0.2, -0.15) is 9.41 Å². The van der Waals surface area contributed by atoms with Gasteiger partial charge in [0, 0.05) is 17.1 Å². The van der Waals surface area contributed by atoms with Crippen molar-refractivity contribution < 1.29 is 27.4 Å². The van der Waals surface area contributed by atoms with Gasteiger partial charge in [-0.3, -0.25) is 4.79 Å². The summed E-state index contributed by atoms with van der Waals surface area (Å²) >= 11 is 5.93. The SMILES string of the molecule is COc1ccc(/C=N\NC(=O)CN(Cc2ccccc2C)S(=O)(=O)c2ccc(Cl)cc2)c(OC)c1OC. The molecule has 0 aliphatic rings. The van der Waals surface area contributed by atoms with E-state index in [1.165, 1.54) is 51.8 Å². The molecule has 1 N–H and O–H groups in total. The number of hydrogen-bond donors (Lipinski definition) is 1. The number of amides is 1. The third-order valence-corrected chi connectivity index (χ3v) is 7.56. The molecule has 3 rings (SSSR count). The summed E-state index contributed by atoms with van der Waals surface area (Å²) in [6, 6.07) is 16.5. The molecule has 0 bridgehead atoms. The minimum absolute atomic E-state index is 0.00172. The summed E-state index contributed by atoms with van der Waals surface area (Å²) in [5.74, 6) is 0.590. The lowest BCUT2D eigenvalue weighted by atomic mass is 10.1. The third kappa shape index (κ3) is 6.79. The molecule has 0 radical (unpaired) electrons. The summed E-state index contributed by atoms with van der Waals surface area (Å²) in [5.41, 5.74) is 4.58. The fraction of sp³-hybridized carbons (Fsp3) is 0.231. The molecule has 0 fully saturated rings. The first-order valence-electron chi connectivity index (χ1n) is 11.1. The molecule has 0 atom stereocenters. The predicted octanol–water partition coefficient (Wildman–Crippen LogP) is 4.02. The Bertz CT molecular complexity index is 1380. The van der Waals surface area contributed by atoms with Crippen LogP contribution in [0.2, 0.25) is 5.02 Å². The number of nitrogens with one attached hydrogen (secondary N) is 1. The van der Waals surface area contributed by atoms with Crippen LogP contribution in [0.25, 0.3) is 0 Å². The van der Waals surface area contributed by atoms with E-state index >= 15 is 0 Å². The normalized spacial score (nSPS) is 11.5. The number of nitrogens with zero attached hydrogens (tertiary/aromatic N) is 2. The van der Waals surface area contributed by atoms with Crippen molar-refractivity contribution in [1.82, 2.24) is 9.73 Å². The average Bonchev–Trinajstić information content (AvgIpc) is 2.89. The van der Waals surface area contributed by atoms with Crippen LogP contribution in [-0.2, 0) is 21.4 Å². The van der Waals surface area contributed by atoms with E-state index < -0.39 is 22.5 Å². The summed E-state index contributed by atoms with van der Waals surface area (Å²) in [6.07, 6.45) is 1.37. The molecule has 0 aliphatic heterocycles. The molecule has 11 heteroatoms. The Balaban J connectivity index is 1.83. The van der Waals surface area contributed by atoms with E-state index in [0.29, 0.717) is 27.8 Å². The molecule has 1 amide bonds. The van der Waals surface area contributed by atoms with Gasteiger partial charge in [-0.1, -0.05) is 35.9 Å². The Morgan fingerprint density at radius 3 is 2.27 bits per heavy atom. The van der Waals surface area contributed by atoms with Crippen molar-refractivity contribution in [3.63, 3.8) is 0 Å². The van der Waals surface area contributed by atoms with Gasteiger partial charge in [0.2, 0.25) is 15.8 Å². The fourth-order valence-electron chi connectivity index (χ4n) is 3.55. The van der Waals surface area contributed by atoms with Gasteiger partial charge < -0.3 is 14.2 Å². The summed E-state index contributed by atoms with van der Waals surface area (Å²) in [6.45, 7) is 1.42. The molecule has 37 heavy (non-hydrogen) atoms. The first kappa shape index (κ1) is 28.0. The van der Waals surface area contributed by atoms with Crippen LogP contribution in [0, 0.1) is 6.92 Å². The first-order chi connectivity index (χ1) is 17.7. The zero-order chi connectivity index (χ0) is 27.0. The lowest BCUT2D eigenvalue weighted by molar-refractivity contribution is -0.121. The van der Waals surface area contributed by atoms with Crippen LogP contribution in [0.4, 0.5) is 0 Å². The van der Waals surface area contributed by atoms with Gasteiger partial charge in [-0.05, 0) is 54.4 Å². The van der Waals surface area contributed by atoms with Crippen LogP contribution in [0.15, 0.2) is 70.7 Å². The molecular formula is C26H28ClN3O6S. The van der Waals surface area contributed by atoms with E-state index in [0.717, 1.165) is 15.4 Å². The molecule has 196 valence electrons. The molecule has 0 saturated heterocycles. The standard InChI is InChI=1S/C26H28ClN3O6S/c1-18-7-5-6-8-20(18)16-30(37(32,33)22-12-10-21(27)11-13-22)17-24(31)29-28-15-19-9-14-23(34-2)26(36-4)25(19)35-3/h5-15H,16-17H2,1-4H3,(H,29,31)/b28-15-. The van der Waals surface area contributed by atoms with E-state index in [1.807, 2.05) is 31.2 Å². The molecule has 0 aromatic heterocycles. The van der Waals surface area contributed by atoms with Crippen molar-refractivity contribution in [2.75, 3.05) is 27.9 Å².